The van der Waals surface area contributed by atoms with Crippen LogP contribution in [0.5, 0.6) is 0 Å². The summed E-state index contributed by atoms with van der Waals surface area (Å²) in [6.07, 6.45) is 1.64. The molecule has 0 atom stereocenters. The minimum atomic E-state index is -0.00640. The highest BCUT2D eigenvalue weighted by Gasteiger charge is 2.23. The molecule has 92 valence electrons. The molecule has 1 amide bonds. The molecule has 1 aromatic carbocycles. The standard InChI is InChI=1S/C14H20N2O/c1-14(2,10-15)11-5-7-12(8-6-11)16-9-3-4-13(16)17/h5-8H,3-4,9-10,15H2,1-2H3. The van der Waals surface area contributed by atoms with Crippen molar-refractivity contribution in [3.63, 3.8) is 0 Å². The molecule has 1 aliphatic heterocycles. The maximum Gasteiger partial charge on any atom is 0.227 e. The summed E-state index contributed by atoms with van der Waals surface area (Å²) < 4.78 is 0. The number of benzene rings is 1. The summed E-state index contributed by atoms with van der Waals surface area (Å²) in [5, 5.41) is 0. The molecule has 2 rings (SSSR count). The summed E-state index contributed by atoms with van der Waals surface area (Å²) in [5.41, 5.74) is 7.97. The lowest BCUT2D eigenvalue weighted by Gasteiger charge is -2.24. The second kappa shape index (κ2) is 4.49. The number of nitrogens with two attached hydrogens (primary N) is 1. The van der Waals surface area contributed by atoms with Crippen LogP contribution in [-0.4, -0.2) is 19.0 Å². The third kappa shape index (κ3) is 2.34. The normalized spacial score (nSPS) is 16.6. The van der Waals surface area contributed by atoms with Crippen molar-refractivity contribution in [1.29, 1.82) is 0 Å². The van der Waals surface area contributed by atoms with E-state index in [9.17, 15) is 4.79 Å². The number of hydrogen-bond acceptors (Lipinski definition) is 2. The van der Waals surface area contributed by atoms with Gasteiger partial charge in [0.15, 0.2) is 0 Å². The largest absolute Gasteiger partial charge is 0.330 e. The molecule has 17 heavy (non-hydrogen) atoms. The number of carbonyl (C=O) groups is 1. The average molecular weight is 232 g/mol. The van der Waals surface area contributed by atoms with Crippen LogP contribution >= 0.6 is 0 Å². The molecule has 1 aromatic rings. The number of rotatable bonds is 3. The zero-order chi connectivity index (χ0) is 12.5. The SMILES string of the molecule is CC(C)(CN)c1ccc(N2CCCC2=O)cc1. The first-order valence-corrected chi connectivity index (χ1v) is 6.15. The third-order valence-corrected chi connectivity index (χ3v) is 3.54. The van der Waals surface area contributed by atoms with Gasteiger partial charge < -0.3 is 10.6 Å². The van der Waals surface area contributed by atoms with Gasteiger partial charge in [-0.3, -0.25) is 4.79 Å². The fraction of sp³-hybridized carbons (Fsp3) is 0.500. The summed E-state index contributed by atoms with van der Waals surface area (Å²) in [7, 11) is 0. The van der Waals surface area contributed by atoms with Gasteiger partial charge in [0.25, 0.3) is 0 Å². The predicted octanol–water partition coefficient (Wildman–Crippen LogP) is 2.05. The van der Waals surface area contributed by atoms with E-state index in [0.29, 0.717) is 13.0 Å². The first-order chi connectivity index (χ1) is 8.04. The summed E-state index contributed by atoms with van der Waals surface area (Å²) in [6.45, 7) is 5.72. The quantitative estimate of drug-likeness (QED) is 0.867. The van der Waals surface area contributed by atoms with E-state index in [1.54, 1.807) is 0 Å². The predicted molar refractivity (Wildman–Crippen MR) is 70.1 cm³/mol. The van der Waals surface area contributed by atoms with Crippen LogP contribution in [0.2, 0.25) is 0 Å². The Labute approximate surface area is 103 Å². The molecular formula is C14H20N2O. The second-order valence-corrected chi connectivity index (χ2v) is 5.28. The lowest BCUT2D eigenvalue weighted by molar-refractivity contribution is -0.117. The van der Waals surface area contributed by atoms with Crippen molar-refractivity contribution in [1.82, 2.24) is 0 Å². The number of nitrogens with zero attached hydrogens (tertiary/aromatic N) is 1. The second-order valence-electron chi connectivity index (χ2n) is 5.28. The van der Waals surface area contributed by atoms with Crippen molar-refractivity contribution in [3.05, 3.63) is 29.8 Å². The fourth-order valence-corrected chi connectivity index (χ4v) is 2.13. The molecule has 0 spiro atoms. The Balaban J connectivity index is 2.21. The van der Waals surface area contributed by atoms with Crippen LogP contribution < -0.4 is 10.6 Å². The summed E-state index contributed by atoms with van der Waals surface area (Å²) in [4.78, 5) is 13.5. The molecule has 0 aromatic heterocycles. The van der Waals surface area contributed by atoms with Crippen molar-refractivity contribution in [3.8, 4) is 0 Å². The van der Waals surface area contributed by atoms with Crippen LogP contribution in [0.4, 0.5) is 5.69 Å². The number of amides is 1. The topological polar surface area (TPSA) is 46.3 Å². The number of anilines is 1. The highest BCUT2D eigenvalue weighted by atomic mass is 16.2. The Kier molecular flexibility index (Phi) is 3.20. The van der Waals surface area contributed by atoms with Crippen molar-refractivity contribution >= 4 is 11.6 Å². The van der Waals surface area contributed by atoms with Crippen LogP contribution in [0, 0.1) is 0 Å². The van der Waals surface area contributed by atoms with Gasteiger partial charge in [0.2, 0.25) is 5.91 Å². The van der Waals surface area contributed by atoms with E-state index < -0.39 is 0 Å². The molecule has 2 N–H and O–H groups in total. The van der Waals surface area contributed by atoms with Gasteiger partial charge in [0.1, 0.15) is 0 Å². The van der Waals surface area contributed by atoms with E-state index >= 15 is 0 Å². The molecule has 0 bridgehead atoms. The highest BCUT2D eigenvalue weighted by molar-refractivity contribution is 5.95. The lowest BCUT2D eigenvalue weighted by atomic mass is 9.85. The first kappa shape index (κ1) is 12.1. The van der Waals surface area contributed by atoms with Crippen LogP contribution in [0.3, 0.4) is 0 Å². The van der Waals surface area contributed by atoms with Crippen molar-refractivity contribution in [2.45, 2.75) is 32.1 Å². The zero-order valence-corrected chi connectivity index (χ0v) is 10.6. The molecule has 0 unspecified atom stereocenters. The van der Waals surface area contributed by atoms with E-state index in [-0.39, 0.29) is 11.3 Å². The van der Waals surface area contributed by atoms with E-state index in [1.807, 2.05) is 17.0 Å². The Hall–Kier alpha value is -1.35. The molecule has 3 nitrogen and oxygen atoms in total. The average Bonchev–Trinajstić information content (AvgIpc) is 2.76. The molecular weight excluding hydrogens is 212 g/mol. The summed E-state index contributed by atoms with van der Waals surface area (Å²) >= 11 is 0. The molecule has 0 saturated carbocycles. The van der Waals surface area contributed by atoms with Crippen LogP contribution in [0.1, 0.15) is 32.3 Å². The molecule has 1 saturated heterocycles. The van der Waals surface area contributed by atoms with E-state index in [4.69, 9.17) is 5.73 Å². The monoisotopic (exact) mass is 232 g/mol. The van der Waals surface area contributed by atoms with Crippen LogP contribution in [0.15, 0.2) is 24.3 Å². The van der Waals surface area contributed by atoms with Gasteiger partial charge in [-0.1, -0.05) is 26.0 Å². The lowest BCUT2D eigenvalue weighted by Crippen LogP contribution is -2.28. The van der Waals surface area contributed by atoms with Crippen molar-refractivity contribution in [2.24, 2.45) is 5.73 Å². The zero-order valence-electron chi connectivity index (χ0n) is 10.6. The van der Waals surface area contributed by atoms with Gasteiger partial charge in [0.05, 0.1) is 0 Å². The van der Waals surface area contributed by atoms with E-state index in [0.717, 1.165) is 18.7 Å². The molecule has 1 heterocycles. The molecule has 1 fully saturated rings. The third-order valence-electron chi connectivity index (χ3n) is 3.54. The highest BCUT2D eigenvalue weighted by Crippen LogP contribution is 2.26. The Morgan fingerprint density at radius 3 is 2.41 bits per heavy atom. The number of carbonyl (C=O) groups excluding carboxylic acids is 1. The van der Waals surface area contributed by atoms with Gasteiger partial charge in [-0.25, -0.2) is 0 Å². The van der Waals surface area contributed by atoms with Crippen LogP contribution in [0.25, 0.3) is 0 Å². The van der Waals surface area contributed by atoms with Gasteiger partial charge in [-0.05, 0) is 24.1 Å². The van der Waals surface area contributed by atoms with Crippen LogP contribution in [-0.2, 0) is 10.2 Å². The molecule has 3 heteroatoms. The molecule has 1 aliphatic rings. The van der Waals surface area contributed by atoms with Gasteiger partial charge >= 0.3 is 0 Å². The Morgan fingerprint density at radius 2 is 1.94 bits per heavy atom. The minimum Gasteiger partial charge on any atom is -0.330 e. The van der Waals surface area contributed by atoms with Crippen molar-refractivity contribution in [2.75, 3.05) is 18.0 Å². The van der Waals surface area contributed by atoms with Crippen molar-refractivity contribution < 1.29 is 4.79 Å². The van der Waals surface area contributed by atoms with Gasteiger partial charge in [-0.2, -0.15) is 0 Å². The molecule has 0 radical (unpaired) electrons. The summed E-state index contributed by atoms with van der Waals surface area (Å²) in [6, 6.07) is 8.20. The minimum absolute atomic E-state index is 0.00640. The number of hydrogen-bond donors (Lipinski definition) is 1. The summed E-state index contributed by atoms with van der Waals surface area (Å²) in [5.74, 6) is 0.232. The maximum atomic E-state index is 11.6. The van der Waals surface area contributed by atoms with E-state index in [1.165, 1.54) is 5.56 Å². The Bertz CT molecular complexity index is 409. The maximum absolute atomic E-state index is 11.6. The van der Waals surface area contributed by atoms with E-state index in [2.05, 4.69) is 26.0 Å². The first-order valence-electron chi connectivity index (χ1n) is 6.15. The fourth-order valence-electron chi connectivity index (χ4n) is 2.13. The van der Waals surface area contributed by atoms with Gasteiger partial charge in [-0.15, -0.1) is 0 Å². The smallest absolute Gasteiger partial charge is 0.227 e. The Morgan fingerprint density at radius 1 is 1.29 bits per heavy atom. The molecule has 0 aliphatic carbocycles. The van der Waals surface area contributed by atoms with Gasteiger partial charge in [0, 0.05) is 30.6 Å².